The van der Waals surface area contributed by atoms with Crippen molar-refractivity contribution in [2.45, 2.75) is 18.8 Å². The van der Waals surface area contributed by atoms with E-state index in [1.54, 1.807) is 0 Å². The second-order valence-electron chi connectivity index (χ2n) is 3.75. The molecule has 1 aromatic rings. The van der Waals surface area contributed by atoms with Crippen molar-refractivity contribution in [3.05, 3.63) is 23.8 Å². The van der Waals surface area contributed by atoms with Crippen molar-refractivity contribution in [1.29, 1.82) is 0 Å². The van der Waals surface area contributed by atoms with Gasteiger partial charge in [-0.3, -0.25) is 4.79 Å². The summed E-state index contributed by atoms with van der Waals surface area (Å²) in [5.41, 5.74) is 5.93. The smallest absolute Gasteiger partial charge is 0.468 e. The van der Waals surface area contributed by atoms with E-state index in [1.165, 1.54) is 25.3 Å². The van der Waals surface area contributed by atoms with E-state index < -0.39 is 18.3 Å². The quantitative estimate of drug-likeness (QED) is 0.855. The first-order valence-electron chi connectivity index (χ1n) is 5.14. The number of carbonyl (C=O) groups excluding carboxylic acids is 1. The number of nitrogens with two attached hydrogens (primary N) is 1. The Morgan fingerprint density at radius 1 is 1.47 bits per heavy atom. The summed E-state index contributed by atoms with van der Waals surface area (Å²) in [7, 11) is 1.20. The van der Waals surface area contributed by atoms with Gasteiger partial charge in [-0.15, -0.1) is 21.2 Å². The van der Waals surface area contributed by atoms with Crippen molar-refractivity contribution in [3.8, 4) is 11.5 Å². The Morgan fingerprint density at radius 3 is 2.79 bits per heavy atom. The van der Waals surface area contributed by atoms with Crippen molar-refractivity contribution in [2.24, 2.45) is 5.73 Å². The van der Waals surface area contributed by atoms with Crippen molar-refractivity contribution >= 4 is 18.4 Å². The molecule has 0 saturated heterocycles. The molecule has 0 amide bonds. The van der Waals surface area contributed by atoms with Crippen LogP contribution >= 0.6 is 12.4 Å². The van der Waals surface area contributed by atoms with Crippen LogP contribution < -0.4 is 15.2 Å². The van der Waals surface area contributed by atoms with Crippen molar-refractivity contribution in [2.75, 3.05) is 7.11 Å². The lowest BCUT2D eigenvalue weighted by atomic mass is 10.1. The third-order valence-corrected chi connectivity index (χ3v) is 2.45. The molecule has 0 bridgehead atoms. The van der Waals surface area contributed by atoms with Gasteiger partial charge >= 0.3 is 12.3 Å². The van der Waals surface area contributed by atoms with Crippen LogP contribution in [-0.2, 0) is 16.0 Å². The van der Waals surface area contributed by atoms with Crippen molar-refractivity contribution in [3.63, 3.8) is 0 Å². The summed E-state index contributed by atoms with van der Waals surface area (Å²) < 4.78 is 39.0. The minimum atomic E-state index is -3.69. The predicted molar refractivity (Wildman–Crippen MR) is 63.6 cm³/mol. The lowest BCUT2D eigenvalue weighted by Gasteiger charge is -2.11. The van der Waals surface area contributed by atoms with Gasteiger partial charge in [0.25, 0.3) is 0 Å². The summed E-state index contributed by atoms with van der Waals surface area (Å²) in [5, 5.41) is 0. The Labute approximate surface area is 114 Å². The molecule has 1 heterocycles. The van der Waals surface area contributed by atoms with E-state index in [-0.39, 0.29) is 30.3 Å². The molecule has 2 rings (SSSR count). The highest BCUT2D eigenvalue weighted by Gasteiger charge is 2.44. The molecule has 0 radical (unpaired) electrons. The van der Waals surface area contributed by atoms with Gasteiger partial charge < -0.3 is 19.9 Å². The lowest BCUT2D eigenvalue weighted by molar-refractivity contribution is -0.286. The molecule has 2 N–H and O–H groups in total. The number of rotatable bonds is 3. The van der Waals surface area contributed by atoms with Crippen LogP contribution in [0.3, 0.4) is 0 Å². The molecule has 5 nitrogen and oxygen atoms in total. The average Bonchev–Trinajstić information content (AvgIpc) is 2.63. The topological polar surface area (TPSA) is 70.8 Å². The molecule has 0 fully saturated rings. The van der Waals surface area contributed by atoms with E-state index in [2.05, 4.69) is 14.2 Å². The summed E-state index contributed by atoms with van der Waals surface area (Å²) >= 11 is 0. The normalized spacial score (nSPS) is 16.4. The third-order valence-electron chi connectivity index (χ3n) is 2.45. The molecule has 1 aliphatic heterocycles. The maximum absolute atomic E-state index is 12.9. The average molecular weight is 296 g/mol. The number of hydrogen-bond donors (Lipinski definition) is 1. The minimum absolute atomic E-state index is 0. The largest absolute Gasteiger partial charge is 0.586 e. The zero-order valence-corrected chi connectivity index (χ0v) is 10.7. The molecule has 0 saturated carbocycles. The van der Waals surface area contributed by atoms with Crippen LogP contribution in [0.1, 0.15) is 5.56 Å². The van der Waals surface area contributed by atoms with Crippen LogP contribution in [0.2, 0.25) is 0 Å². The van der Waals surface area contributed by atoms with Crippen molar-refractivity contribution in [1.82, 2.24) is 0 Å². The number of methoxy groups -OCH3 is 1. The highest BCUT2D eigenvalue weighted by atomic mass is 35.5. The Morgan fingerprint density at radius 2 is 2.16 bits per heavy atom. The monoisotopic (exact) mass is 295 g/mol. The van der Waals surface area contributed by atoms with Gasteiger partial charge in [0, 0.05) is 12.0 Å². The number of para-hydroxylation sites is 1. The molecular formula is C11H12ClF2NO4. The van der Waals surface area contributed by atoms with Crippen LogP contribution in [0, 0.1) is 0 Å². The van der Waals surface area contributed by atoms with E-state index in [0.717, 1.165) is 0 Å². The SMILES string of the molecule is COC(=O)[C@@H](N)Cc1cccc2c1OC(F)(F)O2.Cl. The van der Waals surface area contributed by atoms with Gasteiger partial charge in [-0.1, -0.05) is 12.1 Å². The maximum Gasteiger partial charge on any atom is 0.586 e. The molecule has 0 unspecified atom stereocenters. The van der Waals surface area contributed by atoms with Gasteiger partial charge in [0.15, 0.2) is 11.5 Å². The van der Waals surface area contributed by atoms with E-state index in [0.29, 0.717) is 5.56 Å². The summed E-state index contributed by atoms with van der Waals surface area (Å²) in [6.07, 6.45) is -3.66. The van der Waals surface area contributed by atoms with E-state index >= 15 is 0 Å². The predicted octanol–water partition coefficient (Wildman–Crippen LogP) is 1.47. The van der Waals surface area contributed by atoms with E-state index in [9.17, 15) is 13.6 Å². The molecule has 0 spiro atoms. The number of carbonyl (C=O) groups is 1. The molecule has 19 heavy (non-hydrogen) atoms. The van der Waals surface area contributed by atoms with Gasteiger partial charge in [0.2, 0.25) is 0 Å². The van der Waals surface area contributed by atoms with Crippen LogP contribution in [0.4, 0.5) is 8.78 Å². The second kappa shape index (κ2) is 5.58. The Hall–Kier alpha value is -1.60. The minimum Gasteiger partial charge on any atom is -0.468 e. The van der Waals surface area contributed by atoms with Gasteiger partial charge in [0.05, 0.1) is 7.11 Å². The first kappa shape index (κ1) is 15.5. The molecule has 8 heteroatoms. The third kappa shape index (κ3) is 3.24. The number of halogens is 3. The standard InChI is InChI=1S/C11H11F2NO4.ClH/c1-16-10(15)7(14)5-6-3-2-4-8-9(6)18-11(12,13)17-8;/h2-4,7H,5,14H2,1H3;1H/t7-;/m0./s1. The summed E-state index contributed by atoms with van der Waals surface area (Å²) in [6, 6.07) is 3.46. The number of ether oxygens (including phenoxy) is 3. The second-order valence-corrected chi connectivity index (χ2v) is 3.75. The first-order chi connectivity index (χ1) is 8.43. The van der Waals surface area contributed by atoms with Crippen LogP contribution in [0.5, 0.6) is 11.5 Å². The fraction of sp³-hybridized carbons (Fsp3) is 0.364. The molecule has 106 valence electrons. The van der Waals surface area contributed by atoms with Crippen LogP contribution in [0.15, 0.2) is 18.2 Å². The molecular weight excluding hydrogens is 284 g/mol. The lowest BCUT2D eigenvalue weighted by Crippen LogP contribution is -2.33. The van der Waals surface area contributed by atoms with Crippen molar-refractivity contribution < 1.29 is 27.8 Å². The molecule has 0 aromatic heterocycles. The number of esters is 1. The first-order valence-corrected chi connectivity index (χ1v) is 5.14. The van der Waals surface area contributed by atoms with E-state index in [1.807, 2.05) is 0 Å². The van der Waals surface area contributed by atoms with Crippen LogP contribution in [-0.4, -0.2) is 25.4 Å². The van der Waals surface area contributed by atoms with Gasteiger partial charge in [-0.25, -0.2) is 0 Å². The number of fused-ring (bicyclic) bond motifs is 1. The summed E-state index contributed by atoms with van der Waals surface area (Å²) in [4.78, 5) is 11.2. The van der Waals surface area contributed by atoms with Gasteiger partial charge in [-0.05, 0) is 6.07 Å². The zero-order valence-electron chi connectivity index (χ0n) is 9.89. The van der Waals surface area contributed by atoms with Gasteiger partial charge in [-0.2, -0.15) is 0 Å². The fourth-order valence-electron chi connectivity index (χ4n) is 1.66. The zero-order chi connectivity index (χ0) is 13.3. The number of hydrogen-bond acceptors (Lipinski definition) is 5. The summed E-state index contributed by atoms with van der Waals surface area (Å²) in [5.74, 6) is -0.797. The van der Waals surface area contributed by atoms with E-state index in [4.69, 9.17) is 5.73 Å². The fourth-order valence-corrected chi connectivity index (χ4v) is 1.66. The number of alkyl halides is 2. The van der Waals surface area contributed by atoms with Gasteiger partial charge in [0.1, 0.15) is 6.04 Å². The molecule has 1 aliphatic rings. The Bertz CT molecular complexity index is 484. The maximum atomic E-state index is 12.9. The highest BCUT2D eigenvalue weighted by Crippen LogP contribution is 2.43. The Balaban J connectivity index is 0.00000180. The summed E-state index contributed by atoms with van der Waals surface area (Å²) in [6.45, 7) is 0. The number of benzene rings is 1. The van der Waals surface area contributed by atoms with Crippen LogP contribution in [0.25, 0.3) is 0 Å². The highest BCUT2D eigenvalue weighted by molar-refractivity contribution is 5.85. The molecule has 1 atom stereocenters. The Kier molecular flexibility index (Phi) is 4.54. The molecule has 1 aromatic carbocycles. The molecule has 0 aliphatic carbocycles.